The number of amides is 1. The first kappa shape index (κ1) is 22.2. The first-order valence-corrected chi connectivity index (χ1v) is 12.5. The van der Waals surface area contributed by atoms with Crippen LogP contribution in [0.25, 0.3) is 21.5 Å². The van der Waals surface area contributed by atoms with Gasteiger partial charge >= 0.3 is 0 Å². The number of benzene rings is 5. The summed E-state index contributed by atoms with van der Waals surface area (Å²) in [4.78, 5) is 25.8. The maximum atomic E-state index is 13.2. The fraction of sp³-hybridized carbons (Fsp3) is 0.152. The van der Waals surface area contributed by atoms with Crippen molar-refractivity contribution in [2.24, 2.45) is 0 Å². The molecule has 3 heteroatoms. The SMILES string of the molecule is CC(=O)C1CCC(c2ccccc2)c2c1ccc1c2cc(NC(=O)c2ccccc2)c2ccccc21. The second-order valence-corrected chi connectivity index (χ2v) is 9.66. The molecule has 0 saturated heterocycles. The topological polar surface area (TPSA) is 46.2 Å². The van der Waals surface area contributed by atoms with Crippen molar-refractivity contribution in [3.05, 3.63) is 125 Å². The molecule has 5 aromatic carbocycles. The van der Waals surface area contributed by atoms with Crippen molar-refractivity contribution < 1.29 is 9.59 Å². The van der Waals surface area contributed by atoms with Crippen LogP contribution in [-0.4, -0.2) is 11.7 Å². The van der Waals surface area contributed by atoms with Crippen molar-refractivity contribution in [3.63, 3.8) is 0 Å². The van der Waals surface area contributed by atoms with Crippen LogP contribution < -0.4 is 5.32 Å². The average molecular weight is 470 g/mol. The van der Waals surface area contributed by atoms with Crippen molar-refractivity contribution in [2.45, 2.75) is 31.6 Å². The minimum Gasteiger partial charge on any atom is -0.321 e. The first-order chi connectivity index (χ1) is 17.6. The predicted octanol–water partition coefficient (Wildman–Crippen LogP) is 7.84. The van der Waals surface area contributed by atoms with Gasteiger partial charge in [-0.1, -0.05) is 84.9 Å². The molecule has 0 radical (unpaired) electrons. The molecular weight excluding hydrogens is 442 g/mol. The smallest absolute Gasteiger partial charge is 0.255 e. The van der Waals surface area contributed by atoms with Crippen LogP contribution in [0.4, 0.5) is 5.69 Å². The van der Waals surface area contributed by atoms with Crippen LogP contribution in [0.15, 0.2) is 103 Å². The molecule has 1 aliphatic carbocycles. The van der Waals surface area contributed by atoms with Gasteiger partial charge in [0.25, 0.3) is 5.91 Å². The summed E-state index contributed by atoms with van der Waals surface area (Å²) in [5, 5.41) is 7.53. The van der Waals surface area contributed by atoms with E-state index in [1.165, 1.54) is 11.1 Å². The largest absolute Gasteiger partial charge is 0.321 e. The van der Waals surface area contributed by atoms with Crippen molar-refractivity contribution >= 4 is 38.9 Å². The Morgan fingerprint density at radius 1 is 0.694 bits per heavy atom. The zero-order valence-electron chi connectivity index (χ0n) is 20.2. The third-order valence-electron chi connectivity index (χ3n) is 7.56. The number of fused-ring (bicyclic) bond motifs is 5. The van der Waals surface area contributed by atoms with Gasteiger partial charge in [-0.05, 0) is 70.8 Å². The summed E-state index contributed by atoms with van der Waals surface area (Å²) in [5.41, 5.74) is 5.00. The Balaban J connectivity index is 1.62. The molecule has 2 unspecified atom stereocenters. The van der Waals surface area contributed by atoms with E-state index in [9.17, 15) is 9.59 Å². The van der Waals surface area contributed by atoms with Gasteiger partial charge < -0.3 is 5.32 Å². The highest BCUT2D eigenvalue weighted by atomic mass is 16.1. The van der Waals surface area contributed by atoms with Crippen molar-refractivity contribution in [2.75, 3.05) is 5.32 Å². The molecule has 0 aromatic heterocycles. The first-order valence-electron chi connectivity index (χ1n) is 12.5. The normalized spacial score (nSPS) is 17.0. The number of Topliss-reactive ketones (excluding diaryl/α,β-unsaturated/α-hetero) is 1. The molecule has 5 aromatic rings. The van der Waals surface area contributed by atoms with E-state index in [1.54, 1.807) is 6.92 Å². The molecule has 36 heavy (non-hydrogen) atoms. The molecule has 0 fully saturated rings. The second-order valence-electron chi connectivity index (χ2n) is 9.66. The number of hydrogen-bond donors (Lipinski definition) is 1. The van der Waals surface area contributed by atoms with E-state index in [-0.39, 0.29) is 23.5 Å². The van der Waals surface area contributed by atoms with E-state index in [0.717, 1.165) is 45.6 Å². The van der Waals surface area contributed by atoms with Crippen LogP contribution in [-0.2, 0) is 4.79 Å². The number of carbonyl (C=O) groups excluding carboxylic acids is 2. The number of hydrogen-bond acceptors (Lipinski definition) is 2. The third kappa shape index (κ3) is 3.77. The monoisotopic (exact) mass is 469 g/mol. The standard InChI is InChI=1S/C33H27NO2/c1-21(35)24-16-17-25(22-10-4-2-5-11-22)32-29(24)19-18-27-26-14-8-9-15-28(26)31(20-30(27)32)34-33(36)23-12-6-3-7-13-23/h2-15,18-20,24-25H,16-17H2,1H3,(H,34,36). The maximum absolute atomic E-state index is 13.2. The summed E-state index contributed by atoms with van der Waals surface area (Å²) in [7, 11) is 0. The summed E-state index contributed by atoms with van der Waals surface area (Å²) in [6.45, 7) is 1.70. The van der Waals surface area contributed by atoms with Gasteiger partial charge in [0, 0.05) is 28.5 Å². The Bertz CT molecular complexity index is 1610. The highest BCUT2D eigenvalue weighted by molar-refractivity contribution is 6.18. The Kier molecular flexibility index (Phi) is 5.61. The lowest BCUT2D eigenvalue weighted by Crippen LogP contribution is -2.20. The Morgan fingerprint density at radius 3 is 2.06 bits per heavy atom. The fourth-order valence-electron chi connectivity index (χ4n) is 5.87. The molecule has 1 N–H and O–H groups in total. The molecule has 0 heterocycles. The Hall–Kier alpha value is -4.24. The third-order valence-corrected chi connectivity index (χ3v) is 7.56. The summed E-state index contributed by atoms with van der Waals surface area (Å²) < 4.78 is 0. The van der Waals surface area contributed by atoms with E-state index in [0.29, 0.717) is 5.56 Å². The van der Waals surface area contributed by atoms with E-state index in [1.807, 2.05) is 48.5 Å². The molecule has 3 nitrogen and oxygen atoms in total. The zero-order valence-corrected chi connectivity index (χ0v) is 20.2. The fourth-order valence-corrected chi connectivity index (χ4v) is 5.87. The average Bonchev–Trinajstić information content (AvgIpc) is 2.93. The molecule has 0 saturated carbocycles. The summed E-state index contributed by atoms with van der Waals surface area (Å²) in [6, 6.07) is 34.5. The van der Waals surface area contributed by atoms with Crippen molar-refractivity contribution in [3.8, 4) is 0 Å². The minimum absolute atomic E-state index is 0.0989. The predicted molar refractivity (Wildman–Crippen MR) is 147 cm³/mol. The van der Waals surface area contributed by atoms with Crippen LogP contribution in [0.2, 0.25) is 0 Å². The highest BCUT2D eigenvalue weighted by Gasteiger charge is 2.32. The Labute approximate surface area is 210 Å². The molecule has 176 valence electrons. The molecule has 0 spiro atoms. The summed E-state index contributed by atoms with van der Waals surface area (Å²) in [5.74, 6) is 0.171. The number of carbonyl (C=O) groups is 2. The molecule has 0 bridgehead atoms. The minimum atomic E-state index is -0.133. The second kappa shape index (κ2) is 9.09. The molecule has 1 aliphatic rings. The van der Waals surface area contributed by atoms with Crippen LogP contribution in [0.3, 0.4) is 0 Å². The van der Waals surface area contributed by atoms with E-state index >= 15 is 0 Å². The van der Waals surface area contributed by atoms with E-state index in [2.05, 4.69) is 59.9 Å². The number of ketones is 1. The van der Waals surface area contributed by atoms with Crippen LogP contribution in [0.5, 0.6) is 0 Å². The van der Waals surface area contributed by atoms with Gasteiger partial charge in [0.15, 0.2) is 0 Å². The van der Waals surface area contributed by atoms with Crippen molar-refractivity contribution in [1.82, 2.24) is 0 Å². The number of anilines is 1. The van der Waals surface area contributed by atoms with Gasteiger partial charge in [-0.3, -0.25) is 9.59 Å². The quantitative estimate of drug-likeness (QED) is 0.273. The molecule has 1 amide bonds. The summed E-state index contributed by atoms with van der Waals surface area (Å²) >= 11 is 0. The number of nitrogens with one attached hydrogen (secondary N) is 1. The Morgan fingerprint density at radius 2 is 1.33 bits per heavy atom. The lowest BCUT2D eigenvalue weighted by Gasteiger charge is -2.32. The van der Waals surface area contributed by atoms with Gasteiger partial charge in [0.2, 0.25) is 0 Å². The number of rotatable bonds is 4. The van der Waals surface area contributed by atoms with Crippen LogP contribution in [0, 0.1) is 0 Å². The molecule has 6 rings (SSSR count). The van der Waals surface area contributed by atoms with Gasteiger partial charge in [-0.25, -0.2) is 0 Å². The lowest BCUT2D eigenvalue weighted by molar-refractivity contribution is -0.118. The highest BCUT2D eigenvalue weighted by Crippen LogP contribution is 2.47. The van der Waals surface area contributed by atoms with Gasteiger partial charge in [0.05, 0.1) is 0 Å². The van der Waals surface area contributed by atoms with Crippen LogP contribution in [0.1, 0.15) is 58.6 Å². The molecule has 0 aliphatic heterocycles. The van der Waals surface area contributed by atoms with Gasteiger partial charge in [0.1, 0.15) is 5.78 Å². The maximum Gasteiger partial charge on any atom is 0.255 e. The lowest BCUT2D eigenvalue weighted by atomic mass is 9.71. The van der Waals surface area contributed by atoms with Crippen molar-refractivity contribution in [1.29, 1.82) is 0 Å². The van der Waals surface area contributed by atoms with E-state index < -0.39 is 0 Å². The van der Waals surface area contributed by atoms with Gasteiger partial charge in [-0.15, -0.1) is 0 Å². The van der Waals surface area contributed by atoms with Crippen LogP contribution >= 0.6 is 0 Å². The zero-order chi connectivity index (χ0) is 24.6. The molecule has 2 atom stereocenters. The van der Waals surface area contributed by atoms with Gasteiger partial charge in [-0.2, -0.15) is 0 Å². The molecular formula is C33H27NO2. The summed E-state index contributed by atoms with van der Waals surface area (Å²) in [6.07, 6.45) is 1.76. The van der Waals surface area contributed by atoms with E-state index in [4.69, 9.17) is 0 Å².